The summed E-state index contributed by atoms with van der Waals surface area (Å²) in [6.45, 7) is -0.198. The zero-order chi connectivity index (χ0) is 26.9. The summed E-state index contributed by atoms with van der Waals surface area (Å²) in [6.07, 6.45) is 0.278. The molecule has 0 radical (unpaired) electrons. The van der Waals surface area contributed by atoms with E-state index in [-0.39, 0.29) is 38.8 Å². The fraction of sp³-hybridized carbons (Fsp3) is 0.222. The molecule has 0 saturated carbocycles. The van der Waals surface area contributed by atoms with Crippen molar-refractivity contribution in [2.45, 2.75) is 24.6 Å². The van der Waals surface area contributed by atoms with Crippen LogP contribution in [-0.4, -0.2) is 28.9 Å². The Morgan fingerprint density at radius 3 is 2.21 bits per heavy atom. The summed E-state index contributed by atoms with van der Waals surface area (Å²) >= 11 is 25.2. The van der Waals surface area contributed by atoms with E-state index in [9.17, 15) is 19.5 Å². The number of nitrogens with zero attached hydrogens (tertiary/aromatic N) is 1. The fourth-order valence-corrected chi connectivity index (χ4v) is 7.13. The lowest BCUT2D eigenvalue weighted by Gasteiger charge is -2.30. The van der Waals surface area contributed by atoms with Crippen LogP contribution in [0.15, 0.2) is 54.6 Å². The molecule has 1 spiro atoms. The summed E-state index contributed by atoms with van der Waals surface area (Å²) in [6, 6.07) is 14.2. The van der Waals surface area contributed by atoms with Gasteiger partial charge in [-0.1, -0.05) is 70.7 Å². The molecule has 3 aliphatic rings. The first-order valence-electron chi connectivity index (χ1n) is 11.8. The number of hydrogen-bond donors (Lipinski definition) is 3. The van der Waals surface area contributed by atoms with Crippen LogP contribution in [0.3, 0.4) is 0 Å². The largest absolute Gasteiger partial charge is 0.392 e. The van der Waals surface area contributed by atoms with Gasteiger partial charge in [0, 0.05) is 26.7 Å². The number of benzene rings is 3. The summed E-state index contributed by atoms with van der Waals surface area (Å²) in [5.74, 6) is -3.57. The molecule has 3 aromatic rings. The van der Waals surface area contributed by atoms with Crippen molar-refractivity contribution in [2.24, 2.45) is 11.8 Å². The van der Waals surface area contributed by atoms with Crippen LogP contribution in [0.2, 0.25) is 20.1 Å². The maximum absolute atomic E-state index is 14.1. The van der Waals surface area contributed by atoms with E-state index in [0.29, 0.717) is 16.8 Å². The average molecular weight is 591 g/mol. The van der Waals surface area contributed by atoms with E-state index in [4.69, 9.17) is 46.4 Å². The van der Waals surface area contributed by atoms with Gasteiger partial charge in [0.25, 0.3) is 0 Å². The van der Waals surface area contributed by atoms with Crippen molar-refractivity contribution in [3.05, 3.63) is 91.4 Å². The number of nitrogens with one attached hydrogen (secondary N) is 2. The summed E-state index contributed by atoms with van der Waals surface area (Å²) in [5, 5.41) is 17.1. The van der Waals surface area contributed by atoms with E-state index in [1.54, 1.807) is 18.2 Å². The molecule has 194 valence electrons. The average Bonchev–Trinajstić information content (AvgIpc) is 3.44. The Kier molecular flexibility index (Phi) is 6.22. The van der Waals surface area contributed by atoms with Crippen molar-refractivity contribution in [3.63, 3.8) is 0 Å². The Morgan fingerprint density at radius 1 is 0.868 bits per heavy atom. The van der Waals surface area contributed by atoms with Crippen molar-refractivity contribution >= 4 is 75.5 Å². The number of carbonyl (C=O) groups excluding carboxylic acids is 3. The second kappa shape index (κ2) is 9.23. The molecule has 4 atom stereocenters. The van der Waals surface area contributed by atoms with Crippen molar-refractivity contribution in [1.82, 2.24) is 5.32 Å². The highest BCUT2D eigenvalue weighted by Gasteiger charge is 2.70. The lowest BCUT2D eigenvalue weighted by atomic mass is 9.76. The quantitative estimate of drug-likeness (QED) is 0.373. The highest BCUT2D eigenvalue weighted by atomic mass is 35.5. The number of rotatable bonds is 4. The first-order valence-corrected chi connectivity index (χ1v) is 13.3. The number of amides is 3. The number of aliphatic hydroxyl groups is 1. The van der Waals surface area contributed by atoms with Crippen molar-refractivity contribution in [1.29, 1.82) is 0 Å². The first-order chi connectivity index (χ1) is 18.1. The van der Waals surface area contributed by atoms with Crippen LogP contribution in [0.4, 0.5) is 11.4 Å². The van der Waals surface area contributed by atoms with E-state index in [1.807, 2.05) is 12.1 Å². The standard InChI is InChI=1S/C27H19Cl4N3O4/c28-14-6-15(29)8-17(7-14)34-24(36)21-20(5-12-3-1-2-4-13(12)11-35)33-27(22(21)25(34)37)18-9-16(30)10-19(31)23(18)32-26(27)38/h1-4,6-10,20-22,33,35H,5,11H2,(H,32,38). The Hall–Kier alpha value is -2.65. The molecule has 2 fully saturated rings. The van der Waals surface area contributed by atoms with Gasteiger partial charge in [-0.25, -0.2) is 4.90 Å². The van der Waals surface area contributed by atoms with Crippen LogP contribution in [0.1, 0.15) is 16.7 Å². The molecule has 2 saturated heterocycles. The van der Waals surface area contributed by atoms with Crippen LogP contribution >= 0.6 is 46.4 Å². The predicted molar refractivity (Wildman–Crippen MR) is 146 cm³/mol. The van der Waals surface area contributed by atoms with Gasteiger partial charge in [0.1, 0.15) is 5.54 Å². The van der Waals surface area contributed by atoms with E-state index in [1.165, 1.54) is 24.3 Å². The van der Waals surface area contributed by atoms with Crippen molar-refractivity contribution < 1.29 is 19.5 Å². The number of imide groups is 1. The number of fused-ring (bicyclic) bond motifs is 4. The molecule has 4 unspecified atom stereocenters. The van der Waals surface area contributed by atoms with Gasteiger partial charge in [0.15, 0.2) is 0 Å². The zero-order valence-electron chi connectivity index (χ0n) is 19.5. The third-order valence-electron chi connectivity index (χ3n) is 7.57. The molecule has 3 aliphatic heterocycles. The van der Waals surface area contributed by atoms with Gasteiger partial charge in [-0.3, -0.25) is 19.7 Å². The molecule has 3 aromatic carbocycles. The van der Waals surface area contributed by atoms with Crippen LogP contribution in [0.5, 0.6) is 0 Å². The normalized spacial score (nSPS) is 25.8. The maximum atomic E-state index is 14.1. The minimum atomic E-state index is -1.60. The maximum Gasteiger partial charge on any atom is 0.250 e. The molecule has 11 heteroatoms. The second-order valence-electron chi connectivity index (χ2n) is 9.60. The minimum Gasteiger partial charge on any atom is -0.392 e. The molecule has 3 N–H and O–H groups in total. The van der Waals surface area contributed by atoms with E-state index >= 15 is 0 Å². The number of anilines is 2. The molecular weight excluding hydrogens is 572 g/mol. The molecule has 7 nitrogen and oxygen atoms in total. The highest BCUT2D eigenvalue weighted by molar-refractivity contribution is 6.38. The van der Waals surface area contributed by atoms with Gasteiger partial charge < -0.3 is 10.4 Å². The highest BCUT2D eigenvalue weighted by Crippen LogP contribution is 2.55. The van der Waals surface area contributed by atoms with Gasteiger partial charge in [0.2, 0.25) is 17.7 Å². The van der Waals surface area contributed by atoms with Gasteiger partial charge in [-0.15, -0.1) is 0 Å². The van der Waals surface area contributed by atoms with E-state index < -0.39 is 41.1 Å². The van der Waals surface area contributed by atoms with E-state index in [2.05, 4.69) is 10.6 Å². The summed E-state index contributed by atoms with van der Waals surface area (Å²) in [5.41, 5.74) is 0.838. The number of hydrogen-bond acceptors (Lipinski definition) is 5. The van der Waals surface area contributed by atoms with Crippen LogP contribution in [-0.2, 0) is 33.0 Å². The zero-order valence-corrected chi connectivity index (χ0v) is 22.5. The molecule has 38 heavy (non-hydrogen) atoms. The first kappa shape index (κ1) is 25.6. The van der Waals surface area contributed by atoms with Gasteiger partial charge >= 0.3 is 0 Å². The Morgan fingerprint density at radius 2 is 1.53 bits per heavy atom. The van der Waals surface area contributed by atoms with E-state index in [0.717, 1.165) is 10.5 Å². The Bertz CT molecular complexity index is 1530. The molecule has 3 heterocycles. The fourth-order valence-electron chi connectivity index (χ4n) is 6.07. The number of halogens is 4. The summed E-state index contributed by atoms with van der Waals surface area (Å²) < 4.78 is 0. The minimum absolute atomic E-state index is 0.198. The SMILES string of the molecule is O=C1C2C(Cc3ccccc3CO)NC3(C(=O)Nc4c(Cl)cc(Cl)cc43)C2C(=O)N1c1cc(Cl)cc(Cl)c1. The smallest absolute Gasteiger partial charge is 0.250 e. The van der Waals surface area contributed by atoms with Gasteiger partial charge in [-0.05, 0) is 47.9 Å². The van der Waals surface area contributed by atoms with Crippen LogP contribution in [0.25, 0.3) is 0 Å². The Labute approximate surface area is 237 Å². The Balaban J connectivity index is 1.53. The molecule has 0 aromatic heterocycles. The lowest BCUT2D eigenvalue weighted by molar-refractivity contribution is -0.130. The molecule has 6 rings (SSSR count). The monoisotopic (exact) mass is 589 g/mol. The molecular formula is C27H19Cl4N3O4. The summed E-state index contributed by atoms with van der Waals surface area (Å²) in [4.78, 5) is 42.9. The van der Waals surface area contributed by atoms with Crippen molar-refractivity contribution in [3.8, 4) is 0 Å². The topological polar surface area (TPSA) is 98.7 Å². The molecule has 3 amide bonds. The molecule has 0 bridgehead atoms. The van der Waals surface area contributed by atoms with Gasteiger partial charge in [-0.2, -0.15) is 0 Å². The third-order valence-corrected chi connectivity index (χ3v) is 8.53. The van der Waals surface area contributed by atoms with Crippen molar-refractivity contribution in [2.75, 3.05) is 10.2 Å². The second-order valence-corrected chi connectivity index (χ2v) is 11.3. The van der Waals surface area contributed by atoms with Crippen LogP contribution in [0, 0.1) is 11.8 Å². The number of aliphatic hydroxyl groups excluding tert-OH is 1. The van der Waals surface area contributed by atoms with Crippen LogP contribution < -0.4 is 15.5 Å². The predicted octanol–water partition coefficient (Wildman–Crippen LogP) is 4.96. The van der Waals surface area contributed by atoms with Gasteiger partial charge in [0.05, 0.1) is 34.8 Å². The lowest BCUT2D eigenvalue weighted by Crippen LogP contribution is -2.53. The molecule has 0 aliphatic carbocycles. The number of carbonyl (C=O) groups is 3. The third kappa shape index (κ3) is 3.68. The summed E-state index contributed by atoms with van der Waals surface area (Å²) in [7, 11) is 0.